The highest BCUT2D eigenvalue weighted by Gasteiger charge is 2.54. The first-order valence-electron chi connectivity index (χ1n) is 5.77. The lowest BCUT2D eigenvalue weighted by atomic mass is 9.61. The monoisotopic (exact) mass is 235 g/mol. The third-order valence-corrected chi connectivity index (χ3v) is 4.46. The van der Waals surface area contributed by atoms with Crippen molar-refractivity contribution in [2.45, 2.75) is 25.2 Å². The van der Waals surface area contributed by atoms with Gasteiger partial charge in [0.2, 0.25) is 5.91 Å². The standard InChI is InChI=1S/C13H14ClNO/c14-11-5-2-1-4-9(11)10-8-15-12(16)13(10)6-3-7-13/h1-2,4-5,10H,3,6-8H2,(H,15,16). The minimum absolute atomic E-state index is 0.148. The number of hydrogen-bond acceptors (Lipinski definition) is 1. The number of rotatable bonds is 1. The molecule has 1 aromatic carbocycles. The van der Waals surface area contributed by atoms with Crippen molar-refractivity contribution in [3.63, 3.8) is 0 Å². The van der Waals surface area contributed by atoms with Gasteiger partial charge in [-0.2, -0.15) is 0 Å². The molecule has 3 rings (SSSR count). The van der Waals surface area contributed by atoms with Crippen LogP contribution >= 0.6 is 11.6 Å². The fraction of sp³-hybridized carbons (Fsp3) is 0.462. The number of benzene rings is 1. The smallest absolute Gasteiger partial charge is 0.226 e. The van der Waals surface area contributed by atoms with Gasteiger partial charge in [-0.25, -0.2) is 0 Å². The van der Waals surface area contributed by atoms with Crippen LogP contribution in [0.3, 0.4) is 0 Å². The zero-order valence-electron chi connectivity index (χ0n) is 9.00. The Balaban J connectivity index is 2.02. The summed E-state index contributed by atoms with van der Waals surface area (Å²) in [6, 6.07) is 7.89. The zero-order valence-corrected chi connectivity index (χ0v) is 9.76. The summed E-state index contributed by atoms with van der Waals surface area (Å²) < 4.78 is 0. The number of carbonyl (C=O) groups excluding carboxylic acids is 1. The van der Waals surface area contributed by atoms with E-state index in [1.54, 1.807) is 0 Å². The predicted molar refractivity (Wildman–Crippen MR) is 63.5 cm³/mol. The normalized spacial score (nSPS) is 26.6. The van der Waals surface area contributed by atoms with E-state index in [2.05, 4.69) is 5.32 Å². The van der Waals surface area contributed by atoms with Gasteiger partial charge in [0.05, 0.1) is 5.41 Å². The molecule has 2 nitrogen and oxygen atoms in total. The van der Waals surface area contributed by atoms with Crippen molar-refractivity contribution >= 4 is 17.5 Å². The van der Waals surface area contributed by atoms with Gasteiger partial charge in [-0.05, 0) is 24.5 Å². The van der Waals surface area contributed by atoms with E-state index in [0.717, 1.165) is 36.4 Å². The van der Waals surface area contributed by atoms with E-state index in [0.29, 0.717) is 0 Å². The summed E-state index contributed by atoms with van der Waals surface area (Å²) in [5.41, 5.74) is 0.979. The third kappa shape index (κ3) is 1.23. The lowest BCUT2D eigenvalue weighted by molar-refractivity contribution is -0.132. The first-order chi connectivity index (χ1) is 7.74. The molecule has 0 bridgehead atoms. The Kier molecular flexibility index (Phi) is 2.21. The van der Waals surface area contributed by atoms with Crippen molar-refractivity contribution < 1.29 is 4.79 Å². The van der Waals surface area contributed by atoms with Gasteiger partial charge in [-0.3, -0.25) is 4.79 Å². The lowest BCUT2D eigenvalue weighted by Gasteiger charge is -2.40. The Morgan fingerprint density at radius 3 is 2.69 bits per heavy atom. The molecule has 1 saturated heterocycles. The highest BCUT2D eigenvalue weighted by molar-refractivity contribution is 6.31. The number of amides is 1. The second-order valence-corrected chi connectivity index (χ2v) is 5.20. The molecule has 16 heavy (non-hydrogen) atoms. The minimum Gasteiger partial charge on any atom is -0.355 e. The summed E-state index contributed by atoms with van der Waals surface area (Å²) in [5, 5.41) is 3.78. The summed E-state index contributed by atoms with van der Waals surface area (Å²) in [4.78, 5) is 11.9. The molecule has 1 aliphatic heterocycles. The molecule has 1 aliphatic carbocycles. The molecular weight excluding hydrogens is 222 g/mol. The summed E-state index contributed by atoms with van der Waals surface area (Å²) >= 11 is 6.22. The van der Waals surface area contributed by atoms with Crippen LogP contribution in [0.15, 0.2) is 24.3 Å². The number of carbonyl (C=O) groups is 1. The molecule has 1 spiro atoms. The third-order valence-electron chi connectivity index (χ3n) is 4.11. The maximum absolute atomic E-state index is 11.9. The Labute approximate surface area is 100.0 Å². The summed E-state index contributed by atoms with van der Waals surface area (Å²) in [7, 11) is 0. The van der Waals surface area contributed by atoms with Crippen LogP contribution in [-0.4, -0.2) is 12.5 Å². The summed E-state index contributed by atoms with van der Waals surface area (Å²) in [6.07, 6.45) is 3.18. The topological polar surface area (TPSA) is 29.1 Å². The predicted octanol–water partition coefficient (Wildman–Crippen LogP) is 2.72. The first kappa shape index (κ1) is 10.2. The van der Waals surface area contributed by atoms with E-state index >= 15 is 0 Å². The van der Waals surface area contributed by atoms with Gasteiger partial charge in [0, 0.05) is 17.5 Å². The largest absolute Gasteiger partial charge is 0.355 e. The van der Waals surface area contributed by atoms with E-state index in [4.69, 9.17) is 11.6 Å². The van der Waals surface area contributed by atoms with Gasteiger partial charge >= 0.3 is 0 Å². The van der Waals surface area contributed by atoms with Crippen LogP contribution < -0.4 is 5.32 Å². The fourth-order valence-corrected chi connectivity index (χ4v) is 3.29. The van der Waals surface area contributed by atoms with Crippen molar-refractivity contribution in [1.82, 2.24) is 5.32 Å². The molecule has 1 unspecified atom stereocenters. The summed E-state index contributed by atoms with van der Waals surface area (Å²) in [5.74, 6) is 0.492. The molecule has 1 amide bonds. The van der Waals surface area contributed by atoms with E-state index in [-0.39, 0.29) is 17.2 Å². The molecule has 1 aromatic rings. The Morgan fingerprint density at radius 1 is 1.31 bits per heavy atom. The Morgan fingerprint density at radius 2 is 2.06 bits per heavy atom. The molecule has 2 aliphatic rings. The average molecular weight is 236 g/mol. The zero-order chi connectivity index (χ0) is 11.2. The van der Waals surface area contributed by atoms with Gasteiger partial charge in [0.15, 0.2) is 0 Å². The molecular formula is C13H14ClNO. The number of nitrogens with one attached hydrogen (secondary N) is 1. The van der Waals surface area contributed by atoms with E-state index in [1.165, 1.54) is 0 Å². The van der Waals surface area contributed by atoms with Crippen molar-refractivity contribution in [2.24, 2.45) is 5.41 Å². The van der Waals surface area contributed by atoms with Crippen LogP contribution in [-0.2, 0) is 4.79 Å². The Hall–Kier alpha value is -1.02. The SMILES string of the molecule is O=C1NCC(c2ccccc2Cl)C12CCC2. The maximum Gasteiger partial charge on any atom is 0.226 e. The van der Waals surface area contributed by atoms with E-state index in [9.17, 15) is 4.79 Å². The van der Waals surface area contributed by atoms with Crippen LogP contribution in [0.25, 0.3) is 0 Å². The lowest BCUT2D eigenvalue weighted by Crippen LogP contribution is -2.40. The van der Waals surface area contributed by atoms with Crippen LogP contribution in [0.5, 0.6) is 0 Å². The van der Waals surface area contributed by atoms with Gasteiger partial charge in [0.25, 0.3) is 0 Å². The first-order valence-corrected chi connectivity index (χ1v) is 6.14. The maximum atomic E-state index is 11.9. The molecule has 3 heteroatoms. The molecule has 1 atom stereocenters. The summed E-state index contributed by atoms with van der Waals surface area (Å²) in [6.45, 7) is 0.739. The highest BCUT2D eigenvalue weighted by atomic mass is 35.5. The fourth-order valence-electron chi connectivity index (χ4n) is 3.02. The van der Waals surface area contributed by atoms with Crippen molar-refractivity contribution in [2.75, 3.05) is 6.54 Å². The molecule has 1 saturated carbocycles. The second-order valence-electron chi connectivity index (χ2n) is 4.79. The van der Waals surface area contributed by atoms with Gasteiger partial charge in [-0.1, -0.05) is 36.2 Å². The molecule has 1 heterocycles. The van der Waals surface area contributed by atoms with Gasteiger partial charge in [-0.15, -0.1) is 0 Å². The van der Waals surface area contributed by atoms with E-state index in [1.807, 2.05) is 24.3 Å². The molecule has 1 N–H and O–H groups in total. The average Bonchev–Trinajstić information content (AvgIpc) is 2.56. The Bertz CT molecular complexity index is 439. The molecule has 0 radical (unpaired) electrons. The number of hydrogen-bond donors (Lipinski definition) is 1. The van der Waals surface area contributed by atoms with Crippen LogP contribution in [0.4, 0.5) is 0 Å². The second kappa shape index (κ2) is 3.49. The van der Waals surface area contributed by atoms with Crippen molar-refractivity contribution in [3.05, 3.63) is 34.9 Å². The van der Waals surface area contributed by atoms with Crippen molar-refractivity contribution in [3.8, 4) is 0 Å². The highest BCUT2D eigenvalue weighted by Crippen LogP contribution is 2.54. The molecule has 2 fully saturated rings. The quantitative estimate of drug-likeness (QED) is 0.797. The molecule has 0 aromatic heterocycles. The number of halogens is 1. The van der Waals surface area contributed by atoms with Crippen molar-refractivity contribution in [1.29, 1.82) is 0 Å². The van der Waals surface area contributed by atoms with E-state index < -0.39 is 0 Å². The van der Waals surface area contributed by atoms with Crippen LogP contribution in [0.1, 0.15) is 30.7 Å². The van der Waals surface area contributed by atoms with Gasteiger partial charge < -0.3 is 5.32 Å². The minimum atomic E-state index is -0.148. The van der Waals surface area contributed by atoms with Gasteiger partial charge in [0.1, 0.15) is 0 Å². The molecule has 84 valence electrons. The van der Waals surface area contributed by atoms with Crippen LogP contribution in [0.2, 0.25) is 5.02 Å². The van der Waals surface area contributed by atoms with Crippen LogP contribution in [0, 0.1) is 5.41 Å².